The molecule has 1 heterocycles. The Morgan fingerprint density at radius 2 is 1.88 bits per heavy atom. The summed E-state index contributed by atoms with van der Waals surface area (Å²) >= 11 is -1.29. The summed E-state index contributed by atoms with van der Waals surface area (Å²) in [5, 5.41) is 0. The molecule has 0 amide bonds. The van der Waals surface area contributed by atoms with E-state index in [1.54, 1.807) is 0 Å². The van der Waals surface area contributed by atoms with E-state index in [0.29, 0.717) is 17.3 Å². The van der Waals surface area contributed by atoms with E-state index in [-0.39, 0.29) is 17.0 Å². The van der Waals surface area contributed by atoms with Gasteiger partial charge in [-0.15, -0.1) is 0 Å². The molecule has 0 N–H and O–H groups in total. The van der Waals surface area contributed by atoms with Gasteiger partial charge in [-0.2, -0.15) is 0 Å². The Morgan fingerprint density at radius 3 is 2.48 bits per heavy atom. The van der Waals surface area contributed by atoms with Gasteiger partial charge in [0.2, 0.25) is 0 Å². The molecule has 0 aromatic heterocycles. The fourth-order valence-electron chi connectivity index (χ4n) is 6.54. The monoisotopic (exact) mass is 556 g/mol. The van der Waals surface area contributed by atoms with Crippen LogP contribution in [-0.2, 0) is 37.6 Å². The SMILES string of the molecule is COC(=O)C1=C(C)O[C@]2(C)CC[C@H]3C(C)(C)[C@@H]([Hg][Cl])CC[C@]3(C)[C@H]2C1. The topological polar surface area (TPSA) is 35.5 Å². The third-order valence-electron chi connectivity index (χ3n) is 8.08. The van der Waals surface area contributed by atoms with E-state index >= 15 is 0 Å². The van der Waals surface area contributed by atoms with Crippen molar-refractivity contribution in [2.75, 3.05) is 7.11 Å². The predicted octanol–water partition coefficient (Wildman–Crippen LogP) is 5.49. The second kappa shape index (κ2) is 6.69. The van der Waals surface area contributed by atoms with Gasteiger partial charge in [0.25, 0.3) is 0 Å². The van der Waals surface area contributed by atoms with Crippen LogP contribution in [0.25, 0.3) is 0 Å². The van der Waals surface area contributed by atoms with E-state index in [9.17, 15) is 4.79 Å². The number of halogens is 1. The zero-order chi connectivity index (χ0) is 18.6. The molecule has 0 aromatic rings. The summed E-state index contributed by atoms with van der Waals surface area (Å²) in [5.74, 6) is 1.56. The van der Waals surface area contributed by atoms with Crippen LogP contribution in [0.5, 0.6) is 0 Å². The first-order valence-corrected chi connectivity index (χ1v) is 19.6. The van der Waals surface area contributed by atoms with Gasteiger partial charge < -0.3 is 0 Å². The van der Waals surface area contributed by atoms with Crippen molar-refractivity contribution in [1.29, 1.82) is 0 Å². The van der Waals surface area contributed by atoms with Crippen LogP contribution in [0.1, 0.15) is 66.7 Å². The Kier molecular flexibility index (Phi) is 5.34. The Bertz CT molecular complexity index is 602. The summed E-state index contributed by atoms with van der Waals surface area (Å²) < 4.78 is 12.2. The normalized spacial score (nSPS) is 42.6. The molecule has 0 spiro atoms. The van der Waals surface area contributed by atoms with Crippen LogP contribution in [0, 0.1) is 22.7 Å². The van der Waals surface area contributed by atoms with Crippen molar-refractivity contribution in [3.05, 3.63) is 11.3 Å². The van der Waals surface area contributed by atoms with E-state index in [1.165, 1.54) is 26.4 Å². The zero-order valence-corrected chi connectivity index (χ0v) is 22.8. The minimum absolute atomic E-state index is 0.166. The maximum absolute atomic E-state index is 12.3. The van der Waals surface area contributed by atoms with E-state index in [4.69, 9.17) is 17.7 Å². The van der Waals surface area contributed by atoms with Gasteiger partial charge in [-0.25, -0.2) is 0 Å². The van der Waals surface area contributed by atoms with Crippen molar-refractivity contribution < 1.29 is 37.6 Å². The van der Waals surface area contributed by atoms with Crippen molar-refractivity contribution in [3.8, 4) is 0 Å². The molecular weight excluding hydrogens is 524 g/mol. The standard InChI is InChI=1S/C20H31O3.ClH.Hg/c1-13-14(17(21)22-6)12-16-19(4)10-7-9-18(2,3)15(19)8-11-20(16,5)23-13;;/h9,15-16H,7-8,10-12H2,1-6H3;1H;/q;;+1/p-1/t15-,16+,19-,20+;;/m0../s1. The van der Waals surface area contributed by atoms with E-state index in [1.807, 2.05) is 6.92 Å². The Hall–Kier alpha value is 0.235. The number of ether oxygens (including phenoxy) is 2. The average molecular weight is 556 g/mol. The third kappa shape index (κ3) is 3.00. The summed E-state index contributed by atoms with van der Waals surface area (Å²) in [7, 11) is 8.00. The summed E-state index contributed by atoms with van der Waals surface area (Å²) in [6.45, 7) is 11.6. The molecule has 3 aliphatic rings. The number of fused-ring (bicyclic) bond motifs is 3. The van der Waals surface area contributed by atoms with E-state index in [2.05, 4.69) is 27.7 Å². The van der Waals surface area contributed by atoms with Gasteiger partial charge in [-0.3, -0.25) is 0 Å². The van der Waals surface area contributed by atoms with Crippen LogP contribution < -0.4 is 0 Å². The molecule has 3 nitrogen and oxygen atoms in total. The molecule has 0 radical (unpaired) electrons. The number of rotatable bonds is 2. The predicted molar refractivity (Wildman–Crippen MR) is 95.8 cm³/mol. The van der Waals surface area contributed by atoms with Crippen molar-refractivity contribution in [1.82, 2.24) is 0 Å². The molecule has 138 valence electrons. The molecule has 5 heteroatoms. The van der Waals surface area contributed by atoms with Gasteiger partial charge in [0.1, 0.15) is 0 Å². The van der Waals surface area contributed by atoms with Gasteiger partial charge in [0, 0.05) is 0 Å². The number of esters is 1. The van der Waals surface area contributed by atoms with Gasteiger partial charge >= 0.3 is 169 Å². The van der Waals surface area contributed by atoms with Crippen molar-refractivity contribution in [2.45, 2.75) is 75.8 Å². The average Bonchev–Trinajstić information content (AvgIpc) is 2.52. The fraction of sp³-hybridized carbons (Fsp3) is 0.850. The molecule has 5 atom stereocenters. The van der Waals surface area contributed by atoms with Gasteiger partial charge in [0.15, 0.2) is 0 Å². The summed E-state index contributed by atoms with van der Waals surface area (Å²) in [6.07, 6.45) is 5.54. The molecule has 3 rings (SSSR count). The Morgan fingerprint density at radius 1 is 1.20 bits per heavy atom. The van der Waals surface area contributed by atoms with Crippen LogP contribution in [0.3, 0.4) is 0 Å². The van der Waals surface area contributed by atoms with Crippen molar-refractivity contribution in [3.63, 3.8) is 0 Å². The molecular formula is C20H31ClHgO3. The van der Waals surface area contributed by atoms with Gasteiger partial charge in [-0.1, -0.05) is 0 Å². The number of methoxy groups -OCH3 is 1. The van der Waals surface area contributed by atoms with Crippen LogP contribution in [0.2, 0.25) is 3.43 Å². The first-order valence-electron chi connectivity index (χ1n) is 9.63. The van der Waals surface area contributed by atoms with Crippen LogP contribution in [-0.4, -0.2) is 18.7 Å². The van der Waals surface area contributed by atoms with Crippen LogP contribution in [0.15, 0.2) is 11.3 Å². The number of hydrogen-bond donors (Lipinski definition) is 0. The number of hydrogen-bond acceptors (Lipinski definition) is 3. The third-order valence-corrected chi connectivity index (χ3v) is 18.5. The fourth-order valence-corrected chi connectivity index (χ4v) is 15.4. The maximum atomic E-state index is 12.3. The summed E-state index contributed by atoms with van der Waals surface area (Å²) in [6, 6.07) is 0. The van der Waals surface area contributed by atoms with E-state index in [0.717, 1.165) is 27.6 Å². The molecule has 0 unspecified atom stereocenters. The van der Waals surface area contributed by atoms with Crippen LogP contribution >= 0.6 is 8.25 Å². The summed E-state index contributed by atoms with van der Waals surface area (Å²) in [5.41, 5.74) is 1.09. The molecule has 2 saturated carbocycles. The van der Waals surface area contributed by atoms with Crippen LogP contribution in [0.4, 0.5) is 0 Å². The van der Waals surface area contributed by atoms with Crippen molar-refractivity contribution >= 4 is 14.2 Å². The van der Waals surface area contributed by atoms with Gasteiger partial charge in [0.05, 0.1) is 0 Å². The minimum atomic E-state index is -1.29. The molecule has 0 aromatic carbocycles. The van der Waals surface area contributed by atoms with Crippen molar-refractivity contribution in [2.24, 2.45) is 22.7 Å². The second-order valence-electron chi connectivity index (χ2n) is 9.51. The number of carbonyl (C=O) groups is 1. The number of carbonyl (C=O) groups excluding carboxylic acids is 1. The molecule has 2 aliphatic carbocycles. The first kappa shape index (κ1) is 20.0. The summed E-state index contributed by atoms with van der Waals surface area (Å²) in [4.78, 5) is 12.3. The molecule has 25 heavy (non-hydrogen) atoms. The molecule has 1 aliphatic heterocycles. The molecule has 0 bridgehead atoms. The van der Waals surface area contributed by atoms with Gasteiger partial charge in [-0.05, 0) is 0 Å². The molecule has 0 saturated heterocycles. The Labute approximate surface area is 168 Å². The Balaban J connectivity index is 2.00. The quantitative estimate of drug-likeness (QED) is 0.334. The molecule has 2 fully saturated rings. The second-order valence-corrected chi connectivity index (χ2v) is 17.2. The first-order chi connectivity index (χ1) is 11.6. The van der Waals surface area contributed by atoms with E-state index < -0.39 is 23.3 Å². The zero-order valence-electron chi connectivity index (χ0n) is 16.6. The number of allylic oxidation sites excluding steroid dienone is 1.